The highest BCUT2D eigenvalue weighted by atomic mass is 15.2. The van der Waals surface area contributed by atoms with Crippen LogP contribution in [0.2, 0.25) is 0 Å². The molecule has 2 rings (SSSR count). The van der Waals surface area contributed by atoms with Crippen LogP contribution in [0.5, 0.6) is 0 Å². The number of likely N-dealkylation sites (tertiary alicyclic amines) is 1. The molecule has 0 amide bonds. The summed E-state index contributed by atoms with van der Waals surface area (Å²) in [5.41, 5.74) is 0. The Morgan fingerprint density at radius 1 is 1.33 bits per heavy atom. The van der Waals surface area contributed by atoms with Crippen molar-refractivity contribution in [2.24, 2.45) is 5.92 Å². The highest BCUT2D eigenvalue weighted by Gasteiger charge is 2.37. The lowest BCUT2D eigenvalue weighted by atomic mass is 9.90. The highest BCUT2D eigenvalue weighted by Crippen LogP contribution is 2.38. The number of nitrogens with zero attached hydrogens (tertiary/aromatic N) is 2. The molecule has 0 spiro atoms. The van der Waals surface area contributed by atoms with Gasteiger partial charge >= 0.3 is 0 Å². The van der Waals surface area contributed by atoms with Crippen LogP contribution in [0.1, 0.15) is 51.9 Å². The number of hydrogen-bond acceptors (Lipinski definition) is 2. The summed E-state index contributed by atoms with van der Waals surface area (Å²) >= 11 is 0. The molecule has 0 N–H and O–H groups in total. The van der Waals surface area contributed by atoms with Crippen LogP contribution >= 0.6 is 0 Å². The number of fused-ring (bicyclic) bond motifs is 1. The lowest BCUT2D eigenvalue weighted by molar-refractivity contribution is 0.0670. The molecule has 0 aromatic heterocycles. The van der Waals surface area contributed by atoms with E-state index in [-0.39, 0.29) is 0 Å². The van der Waals surface area contributed by atoms with Crippen molar-refractivity contribution in [2.45, 2.75) is 64.0 Å². The molecule has 2 nitrogen and oxygen atoms in total. The summed E-state index contributed by atoms with van der Waals surface area (Å²) in [5.74, 6) is 0.950. The van der Waals surface area contributed by atoms with Gasteiger partial charge in [0.2, 0.25) is 0 Å². The van der Waals surface area contributed by atoms with Crippen molar-refractivity contribution in [1.82, 2.24) is 4.90 Å². The molecule has 0 aromatic carbocycles. The molecule has 0 bridgehead atoms. The lowest BCUT2D eigenvalue weighted by Crippen LogP contribution is -2.48. The van der Waals surface area contributed by atoms with Gasteiger partial charge < -0.3 is 0 Å². The topological polar surface area (TPSA) is 27.0 Å². The van der Waals surface area contributed by atoms with E-state index >= 15 is 0 Å². The second-order valence-corrected chi connectivity index (χ2v) is 5.06. The maximum Gasteiger partial charge on any atom is 0.0638 e. The summed E-state index contributed by atoms with van der Waals surface area (Å²) in [6.07, 6.45) is 8.87. The van der Waals surface area contributed by atoms with Crippen LogP contribution in [0.4, 0.5) is 0 Å². The van der Waals surface area contributed by atoms with Gasteiger partial charge in [0, 0.05) is 12.1 Å². The molecule has 2 fully saturated rings. The van der Waals surface area contributed by atoms with Gasteiger partial charge in [-0.25, -0.2) is 0 Å². The normalized spacial score (nSPS) is 33.3. The van der Waals surface area contributed by atoms with Crippen molar-refractivity contribution in [1.29, 1.82) is 5.26 Å². The third kappa shape index (κ3) is 2.18. The van der Waals surface area contributed by atoms with E-state index in [1.54, 1.807) is 0 Å². The third-order valence-corrected chi connectivity index (χ3v) is 4.30. The first-order chi connectivity index (χ1) is 7.36. The molecule has 1 saturated carbocycles. The van der Waals surface area contributed by atoms with Gasteiger partial charge in [0.1, 0.15) is 0 Å². The Morgan fingerprint density at radius 3 is 2.87 bits per heavy atom. The van der Waals surface area contributed by atoms with Crippen molar-refractivity contribution in [3.63, 3.8) is 0 Å². The molecule has 2 aliphatic rings. The average molecular weight is 206 g/mol. The molecule has 3 atom stereocenters. The monoisotopic (exact) mass is 206 g/mol. The molecule has 1 saturated heterocycles. The van der Waals surface area contributed by atoms with Crippen molar-refractivity contribution in [2.75, 3.05) is 6.54 Å². The van der Waals surface area contributed by atoms with E-state index in [1.807, 2.05) is 0 Å². The second-order valence-electron chi connectivity index (χ2n) is 5.06. The Hall–Kier alpha value is -0.550. The molecule has 1 heterocycles. The number of nitriles is 1. The molecular weight excluding hydrogens is 184 g/mol. The van der Waals surface area contributed by atoms with Crippen LogP contribution in [0, 0.1) is 17.2 Å². The maximum atomic E-state index is 8.86. The fraction of sp³-hybridized carbons (Fsp3) is 0.923. The minimum Gasteiger partial charge on any atom is -0.296 e. The number of hydrogen-bond donors (Lipinski definition) is 0. The van der Waals surface area contributed by atoms with Crippen LogP contribution in [-0.4, -0.2) is 23.5 Å². The molecule has 1 aliphatic carbocycles. The van der Waals surface area contributed by atoms with Crippen molar-refractivity contribution >= 4 is 0 Å². The fourth-order valence-corrected chi connectivity index (χ4v) is 3.55. The summed E-state index contributed by atoms with van der Waals surface area (Å²) < 4.78 is 0. The minimum atomic E-state index is 0.529. The van der Waals surface area contributed by atoms with E-state index in [2.05, 4.69) is 17.9 Å². The van der Waals surface area contributed by atoms with Crippen molar-refractivity contribution in [3.05, 3.63) is 0 Å². The van der Waals surface area contributed by atoms with E-state index in [9.17, 15) is 0 Å². The zero-order chi connectivity index (χ0) is 10.7. The van der Waals surface area contributed by atoms with E-state index in [1.165, 1.54) is 38.6 Å². The Bertz CT molecular complexity index is 243. The van der Waals surface area contributed by atoms with Gasteiger partial charge in [-0.1, -0.05) is 13.3 Å². The van der Waals surface area contributed by atoms with Gasteiger partial charge in [-0.3, -0.25) is 4.90 Å². The third-order valence-electron chi connectivity index (χ3n) is 4.30. The largest absolute Gasteiger partial charge is 0.296 e. The van der Waals surface area contributed by atoms with Crippen LogP contribution in [0.25, 0.3) is 0 Å². The molecule has 2 heteroatoms. The predicted octanol–water partition coefficient (Wildman–Crippen LogP) is 2.94. The molecule has 1 aliphatic heterocycles. The second kappa shape index (κ2) is 4.99. The SMILES string of the molecule is CCC(CC#N)N1CCCC2CCCC21. The summed E-state index contributed by atoms with van der Waals surface area (Å²) in [5, 5.41) is 8.86. The molecule has 0 radical (unpaired) electrons. The number of rotatable bonds is 3. The van der Waals surface area contributed by atoms with Gasteiger partial charge in [0.15, 0.2) is 0 Å². The molecule has 3 unspecified atom stereocenters. The van der Waals surface area contributed by atoms with E-state index in [0.29, 0.717) is 6.04 Å². The average Bonchev–Trinajstić information content (AvgIpc) is 2.73. The van der Waals surface area contributed by atoms with Gasteiger partial charge in [0.05, 0.1) is 12.5 Å². The quantitative estimate of drug-likeness (QED) is 0.710. The Kier molecular flexibility index (Phi) is 3.64. The van der Waals surface area contributed by atoms with Crippen molar-refractivity contribution < 1.29 is 0 Å². The van der Waals surface area contributed by atoms with Gasteiger partial charge in [0.25, 0.3) is 0 Å². The molecular formula is C13H22N2. The Balaban J connectivity index is 2.02. The van der Waals surface area contributed by atoms with Gasteiger partial charge in [-0.05, 0) is 44.6 Å². The maximum absolute atomic E-state index is 8.86. The van der Waals surface area contributed by atoms with E-state index < -0.39 is 0 Å². The standard InChI is InChI=1S/C13H22N2/c1-2-12(8-9-14)15-10-4-6-11-5-3-7-13(11)15/h11-13H,2-8,10H2,1H3. The summed E-state index contributed by atoms with van der Waals surface area (Å²) in [6.45, 7) is 3.46. The smallest absolute Gasteiger partial charge is 0.0638 e. The van der Waals surface area contributed by atoms with Gasteiger partial charge in [-0.2, -0.15) is 5.26 Å². The minimum absolute atomic E-state index is 0.529. The van der Waals surface area contributed by atoms with Crippen LogP contribution in [-0.2, 0) is 0 Å². The number of piperidine rings is 1. The van der Waals surface area contributed by atoms with Crippen LogP contribution in [0.3, 0.4) is 0 Å². The van der Waals surface area contributed by atoms with Crippen LogP contribution < -0.4 is 0 Å². The zero-order valence-corrected chi connectivity index (χ0v) is 9.78. The highest BCUT2D eigenvalue weighted by molar-refractivity contribution is 4.94. The van der Waals surface area contributed by atoms with Crippen LogP contribution in [0.15, 0.2) is 0 Å². The Labute approximate surface area is 93.3 Å². The predicted molar refractivity (Wildman–Crippen MR) is 61.4 cm³/mol. The summed E-state index contributed by atoms with van der Waals surface area (Å²) in [7, 11) is 0. The van der Waals surface area contributed by atoms with Gasteiger partial charge in [-0.15, -0.1) is 0 Å². The van der Waals surface area contributed by atoms with Crippen molar-refractivity contribution in [3.8, 4) is 6.07 Å². The van der Waals surface area contributed by atoms with E-state index in [0.717, 1.165) is 24.8 Å². The first-order valence-electron chi connectivity index (χ1n) is 6.49. The summed E-state index contributed by atoms with van der Waals surface area (Å²) in [4.78, 5) is 2.66. The fourth-order valence-electron chi connectivity index (χ4n) is 3.55. The molecule has 15 heavy (non-hydrogen) atoms. The first-order valence-corrected chi connectivity index (χ1v) is 6.49. The first kappa shape index (κ1) is 11.0. The molecule has 84 valence electrons. The zero-order valence-electron chi connectivity index (χ0n) is 9.78. The lowest BCUT2D eigenvalue weighted by Gasteiger charge is -2.42. The summed E-state index contributed by atoms with van der Waals surface area (Å²) in [6, 6.07) is 3.70. The van der Waals surface area contributed by atoms with E-state index in [4.69, 9.17) is 5.26 Å². The molecule has 0 aromatic rings. The Morgan fingerprint density at radius 2 is 2.13 bits per heavy atom.